The highest BCUT2D eigenvalue weighted by Crippen LogP contribution is 2.26. The number of alkyl halides is 1. The van der Waals surface area contributed by atoms with Crippen molar-refractivity contribution < 1.29 is 9.47 Å². The highest BCUT2D eigenvalue weighted by Gasteiger charge is 2.25. The van der Waals surface area contributed by atoms with Crippen LogP contribution in [0.25, 0.3) is 0 Å². The van der Waals surface area contributed by atoms with Gasteiger partial charge in [-0.3, -0.25) is 0 Å². The van der Waals surface area contributed by atoms with E-state index >= 15 is 0 Å². The average molecular weight is 243 g/mol. The average Bonchev–Trinajstić information content (AvgIpc) is 2.67. The molecule has 1 aromatic carbocycles. The summed E-state index contributed by atoms with van der Waals surface area (Å²) in [6.07, 6.45) is 0.00829. The van der Waals surface area contributed by atoms with Crippen LogP contribution in [0.5, 0.6) is 0 Å². The SMILES string of the molecule is BrC[C@@H]1OC[C@H](c2ccccc2)O1. The lowest BCUT2D eigenvalue weighted by Crippen LogP contribution is -2.08. The second-order valence-corrected chi connectivity index (χ2v) is 3.60. The molecule has 0 spiro atoms. The Balaban J connectivity index is 2.04. The van der Waals surface area contributed by atoms with Crippen molar-refractivity contribution in [2.24, 2.45) is 0 Å². The van der Waals surface area contributed by atoms with Crippen LogP contribution in [-0.4, -0.2) is 18.2 Å². The van der Waals surface area contributed by atoms with E-state index in [1.54, 1.807) is 0 Å². The maximum absolute atomic E-state index is 5.63. The van der Waals surface area contributed by atoms with E-state index in [9.17, 15) is 0 Å². The Bertz CT molecular complexity index is 263. The molecule has 70 valence electrons. The van der Waals surface area contributed by atoms with Gasteiger partial charge in [-0.1, -0.05) is 46.3 Å². The van der Waals surface area contributed by atoms with Crippen LogP contribution in [-0.2, 0) is 9.47 Å². The Labute approximate surface area is 86.0 Å². The van der Waals surface area contributed by atoms with Crippen molar-refractivity contribution in [2.75, 3.05) is 11.9 Å². The van der Waals surface area contributed by atoms with Gasteiger partial charge in [-0.25, -0.2) is 0 Å². The second-order valence-electron chi connectivity index (χ2n) is 2.95. The highest BCUT2D eigenvalue weighted by atomic mass is 79.9. The Hall–Kier alpha value is -0.380. The second kappa shape index (κ2) is 4.22. The zero-order chi connectivity index (χ0) is 9.10. The third-order valence-corrected chi connectivity index (χ3v) is 2.58. The molecule has 1 heterocycles. The van der Waals surface area contributed by atoms with Crippen molar-refractivity contribution in [1.29, 1.82) is 0 Å². The van der Waals surface area contributed by atoms with Gasteiger partial charge in [0, 0.05) is 0 Å². The molecule has 2 rings (SSSR count). The molecule has 0 saturated carbocycles. The van der Waals surface area contributed by atoms with Gasteiger partial charge in [0.2, 0.25) is 0 Å². The monoisotopic (exact) mass is 242 g/mol. The summed E-state index contributed by atoms with van der Waals surface area (Å²) in [5, 5.41) is 0.732. The van der Waals surface area contributed by atoms with Gasteiger partial charge in [-0.15, -0.1) is 0 Å². The maximum atomic E-state index is 5.63. The Morgan fingerprint density at radius 2 is 2.08 bits per heavy atom. The quantitative estimate of drug-likeness (QED) is 0.743. The molecule has 0 bridgehead atoms. The van der Waals surface area contributed by atoms with Gasteiger partial charge < -0.3 is 9.47 Å². The minimum Gasteiger partial charge on any atom is -0.349 e. The van der Waals surface area contributed by atoms with Crippen LogP contribution in [0.4, 0.5) is 0 Å². The third-order valence-electron chi connectivity index (χ3n) is 2.05. The van der Waals surface area contributed by atoms with Crippen molar-refractivity contribution in [1.82, 2.24) is 0 Å². The van der Waals surface area contributed by atoms with Crippen molar-refractivity contribution in [3.8, 4) is 0 Å². The van der Waals surface area contributed by atoms with Gasteiger partial charge >= 0.3 is 0 Å². The fourth-order valence-corrected chi connectivity index (χ4v) is 1.72. The van der Waals surface area contributed by atoms with Gasteiger partial charge in [-0.2, -0.15) is 0 Å². The van der Waals surface area contributed by atoms with E-state index in [1.165, 1.54) is 5.56 Å². The third kappa shape index (κ3) is 2.10. The molecule has 1 aliphatic heterocycles. The molecule has 0 unspecified atom stereocenters. The van der Waals surface area contributed by atoms with E-state index in [1.807, 2.05) is 18.2 Å². The lowest BCUT2D eigenvalue weighted by Gasteiger charge is -2.08. The van der Waals surface area contributed by atoms with Crippen LogP contribution < -0.4 is 0 Å². The first-order chi connectivity index (χ1) is 6.40. The molecular weight excluding hydrogens is 232 g/mol. The van der Waals surface area contributed by atoms with Crippen LogP contribution >= 0.6 is 15.9 Å². The van der Waals surface area contributed by atoms with E-state index in [4.69, 9.17) is 9.47 Å². The number of hydrogen-bond acceptors (Lipinski definition) is 2. The van der Waals surface area contributed by atoms with Crippen LogP contribution in [0.2, 0.25) is 0 Å². The van der Waals surface area contributed by atoms with E-state index in [0.29, 0.717) is 6.61 Å². The Morgan fingerprint density at radius 3 is 2.69 bits per heavy atom. The van der Waals surface area contributed by atoms with Gasteiger partial charge in [0.05, 0.1) is 11.9 Å². The molecule has 2 atom stereocenters. The number of hydrogen-bond donors (Lipinski definition) is 0. The van der Waals surface area contributed by atoms with Gasteiger partial charge in [0.25, 0.3) is 0 Å². The topological polar surface area (TPSA) is 18.5 Å². The normalized spacial score (nSPS) is 27.8. The van der Waals surface area contributed by atoms with E-state index < -0.39 is 0 Å². The highest BCUT2D eigenvalue weighted by molar-refractivity contribution is 9.09. The zero-order valence-corrected chi connectivity index (χ0v) is 8.74. The van der Waals surface area contributed by atoms with Crippen molar-refractivity contribution in [2.45, 2.75) is 12.4 Å². The van der Waals surface area contributed by atoms with Gasteiger partial charge in [0.15, 0.2) is 6.29 Å². The molecule has 0 aromatic heterocycles. The van der Waals surface area contributed by atoms with Crippen molar-refractivity contribution >= 4 is 15.9 Å². The summed E-state index contributed by atoms with van der Waals surface area (Å²) >= 11 is 3.33. The molecule has 3 heteroatoms. The standard InChI is InChI=1S/C10H11BrO2/c11-6-10-12-7-9(13-10)8-4-2-1-3-5-8/h1-5,9-10H,6-7H2/t9-,10-/m1/s1. The fourth-order valence-electron chi connectivity index (χ4n) is 1.38. The summed E-state index contributed by atoms with van der Waals surface area (Å²) in [6, 6.07) is 10.1. The van der Waals surface area contributed by atoms with Crippen LogP contribution in [0, 0.1) is 0 Å². The zero-order valence-electron chi connectivity index (χ0n) is 7.15. The Kier molecular flexibility index (Phi) is 2.98. The fraction of sp³-hybridized carbons (Fsp3) is 0.400. The van der Waals surface area contributed by atoms with Crippen LogP contribution in [0.1, 0.15) is 11.7 Å². The minimum atomic E-state index is -0.0924. The summed E-state index contributed by atoms with van der Waals surface area (Å²) in [7, 11) is 0. The summed E-state index contributed by atoms with van der Waals surface area (Å²) in [5.74, 6) is 0. The summed E-state index contributed by atoms with van der Waals surface area (Å²) in [4.78, 5) is 0. The smallest absolute Gasteiger partial charge is 0.168 e. The van der Waals surface area contributed by atoms with E-state index in [2.05, 4.69) is 28.1 Å². The van der Waals surface area contributed by atoms with Gasteiger partial charge in [0.1, 0.15) is 6.10 Å². The number of rotatable bonds is 2. The summed E-state index contributed by atoms with van der Waals surface area (Å²) in [6.45, 7) is 0.653. The number of halogens is 1. The molecule has 1 aliphatic rings. The molecule has 2 nitrogen and oxygen atoms in total. The summed E-state index contributed by atoms with van der Waals surface area (Å²) < 4.78 is 11.0. The molecule has 1 aromatic rings. The predicted molar refractivity (Wildman–Crippen MR) is 53.8 cm³/mol. The van der Waals surface area contributed by atoms with Crippen molar-refractivity contribution in [3.05, 3.63) is 35.9 Å². The van der Waals surface area contributed by atoms with Crippen LogP contribution in [0.15, 0.2) is 30.3 Å². The molecular formula is C10H11BrO2. The predicted octanol–water partition coefficient (Wildman–Crippen LogP) is 2.50. The van der Waals surface area contributed by atoms with Crippen molar-refractivity contribution in [3.63, 3.8) is 0 Å². The molecule has 0 radical (unpaired) electrons. The largest absolute Gasteiger partial charge is 0.349 e. The Morgan fingerprint density at radius 1 is 1.31 bits per heavy atom. The lowest BCUT2D eigenvalue weighted by molar-refractivity contribution is -0.0379. The maximum Gasteiger partial charge on any atom is 0.168 e. The first-order valence-electron chi connectivity index (χ1n) is 4.28. The molecule has 13 heavy (non-hydrogen) atoms. The number of benzene rings is 1. The first-order valence-corrected chi connectivity index (χ1v) is 5.40. The minimum absolute atomic E-state index is 0.0924. The molecule has 1 saturated heterocycles. The number of ether oxygens (including phenoxy) is 2. The van der Waals surface area contributed by atoms with E-state index in [0.717, 1.165) is 5.33 Å². The molecule has 0 amide bonds. The van der Waals surface area contributed by atoms with E-state index in [-0.39, 0.29) is 12.4 Å². The summed E-state index contributed by atoms with van der Waals surface area (Å²) in [5.41, 5.74) is 1.19. The molecule has 0 aliphatic carbocycles. The molecule has 0 N–H and O–H groups in total. The van der Waals surface area contributed by atoms with Crippen LogP contribution in [0.3, 0.4) is 0 Å². The van der Waals surface area contributed by atoms with Gasteiger partial charge in [-0.05, 0) is 5.56 Å². The first kappa shape index (κ1) is 9.19. The lowest BCUT2D eigenvalue weighted by atomic mass is 10.1. The molecule has 1 fully saturated rings.